The molecule has 2 aliphatic rings. The van der Waals surface area contributed by atoms with Crippen LogP contribution in [0, 0.1) is 0 Å². The summed E-state index contributed by atoms with van der Waals surface area (Å²) >= 11 is 0. The van der Waals surface area contributed by atoms with Gasteiger partial charge in [0.15, 0.2) is 0 Å². The highest BCUT2D eigenvalue weighted by Gasteiger charge is 2.40. The lowest BCUT2D eigenvalue weighted by Crippen LogP contribution is -2.43. The first-order chi connectivity index (χ1) is 9.72. The number of furan rings is 1. The summed E-state index contributed by atoms with van der Waals surface area (Å²) in [4.78, 5) is 17.3. The van der Waals surface area contributed by atoms with E-state index in [2.05, 4.69) is 16.7 Å². The summed E-state index contributed by atoms with van der Waals surface area (Å²) in [5.41, 5.74) is 6.19. The third-order valence-corrected chi connectivity index (χ3v) is 4.65. The van der Waals surface area contributed by atoms with Gasteiger partial charge in [-0.1, -0.05) is 6.92 Å². The number of rotatable bonds is 3. The largest absolute Gasteiger partial charge is 0.467 e. The minimum absolute atomic E-state index is 0.110. The summed E-state index contributed by atoms with van der Waals surface area (Å²) in [6, 6.07) is 2.52. The van der Waals surface area contributed by atoms with Crippen LogP contribution in [0.4, 0.5) is 0 Å². The lowest BCUT2D eigenvalue weighted by molar-refractivity contribution is 0.0670. The maximum atomic E-state index is 12.7. The average molecular weight is 277 g/mol. The van der Waals surface area contributed by atoms with E-state index in [0.717, 1.165) is 38.9 Å². The zero-order valence-corrected chi connectivity index (χ0v) is 12.0. The van der Waals surface area contributed by atoms with Crippen LogP contribution in [0.5, 0.6) is 0 Å². The van der Waals surface area contributed by atoms with Gasteiger partial charge in [-0.3, -0.25) is 4.79 Å². The number of carbonyl (C=O) groups is 1. The Labute approximate surface area is 119 Å². The SMILES string of the molecule is CCN1CCC2CCC(C1)N2C(=O)c1coc(CN)c1. The van der Waals surface area contributed by atoms with Crippen LogP contribution in [0.2, 0.25) is 0 Å². The lowest BCUT2D eigenvalue weighted by atomic mass is 10.1. The Morgan fingerprint density at radius 2 is 2.20 bits per heavy atom. The number of likely N-dealkylation sites (N-methyl/N-ethyl adjacent to an activating group) is 1. The van der Waals surface area contributed by atoms with Crippen LogP contribution in [0.3, 0.4) is 0 Å². The number of likely N-dealkylation sites (tertiary alicyclic amines) is 1. The molecular formula is C15H23N3O2. The molecule has 2 atom stereocenters. The predicted molar refractivity (Wildman–Crippen MR) is 76.3 cm³/mol. The van der Waals surface area contributed by atoms with Crippen molar-refractivity contribution >= 4 is 5.91 Å². The number of fused-ring (bicyclic) bond motifs is 2. The van der Waals surface area contributed by atoms with Gasteiger partial charge in [0, 0.05) is 25.2 Å². The van der Waals surface area contributed by atoms with Crippen molar-refractivity contribution in [3.63, 3.8) is 0 Å². The van der Waals surface area contributed by atoms with Gasteiger partial charge in [-0.05, 0) is 31.9 Å². The van der Waals surface area contributed by atoms with E-state index in [1.54, 1.807) is 12.3 Å². The van der Waals surface area contributed by atoms with Crippen LogP contribution in [-0.4, -0.2) is 47.4 Å². The van der Waals surface area contributed by atoms with Crippen molar-refractivity contribution in [2.75, 3.05) is 19.6 Å². The van der Waals surface area contributed by atoms with Gasteiger partial charge >= 0.3 is 0 Å². The highest BCUT2D eigenvalue weighted by molar-refractivity contribution is 5.94. The molecule has 2 N–H and O–H groups in total. The van der Waals surface area contributed by atoms with E-state index in [1.165, 1.54) is 0 Å². The summed E-state index contributed by atoms with van der Waals surface area (Å²) in [7, 11) is 0. The highest BCUT2D eigenvalue weighted by Crippen LogP contribution is 2.31. The van der Waals surface area contributed by atoms with Gasteiger partial charge in [0.25, 0.3) is 5.91 Å². The van der Waals surface area contributed by atoms with Crippen molar-refractivity contribution < 1.29 is 9.21 Å². The second-order valence-electron chi connectivity index (χ2n) is 5.79. The second-order valence-corrected chi connectivity index (χ2v) is 5.79. The van der Waals surface area contributed by atoms with Crippen molar-refractivity contribution in [2.45, 2.75) is 44.8 Å². The molecule has 2 unspecified atom stereocenters. The molecule has 2 bridgehead atoms. The fourth-order valence-corrected chi connectivity index (χ4v) is 3.51. The number of hydrogen-bond donors (Lipinski definition) is 1. The summed E-state index contributed by atoms with van der Waals surface area (Å²) in [5.74, 6) is 0.782. The first-order valence-electron chi connectivity index (χ1n) is 7.55. The predicted octanol–water partition coefficient (Wildman–Crippen LogP) is 1.44. The van der Waals surface area contributed by atoms with E-state index < -0.39 is 0 Å². The molecule has 0 saturated carbocycles. The van der Waals surface area contributed by atoms with Gasteiger partial charge in [-0.25, -0.2) is 0 Å². The number of hydrogen-bond acceptors (Lipinski definition) is 4. The quantitative estimate of drug-likeness (QED) is 0.908. The number of carbonyl (C=O) groups excluding carboxylic acids is 1. The fourth-order valence-electron chi connectivity index (χ4n) is 3.51. The van der Waals surface area contributed by atoms with Crippen LogP contribution in [0.1, 0.15) is 42.3 Å². The summed E-state index contributed by atoms with van der Waals surface area (Å²) < 4.78 is 5.31. The number of nitrogens with two attached hydrogens (primary N) is 1. The standard InChI is InChI=1S/C15H23N3O2/c1-2-17-6-5-12-3-4-13(9-17)18(12)15(19)11-7-14(8-16)20-10-11/h7,10,12-13H,2-6,8-9,16H2,1H3. The monoisotopic (exact) mass is 277 g/mol. The van der Waals surface area contributed by atoms with E-state index in [0.29, 0.717) is 30.0 Å². The van der Waals surface area contributed by atoms with Gasteiger partial charge in [-0.15, -0.1) is 0 Å². The van der Waals surface area contributed by atoms with Crippen LogP contribution in [-0.2, 0) is 6.54 Å². The Morgan fingerprint density at radius 3 is 2.90 bits per heavy atom. The maximum Gasteiger partial charge on any atom is 0.257 e. The minimum Gasteiger partial charge on any atom is -0.467 e. The zero-order valence-electron chi connectivity index (χ0n) is 12.0. The molecule has 2 aliphatic heterocycles. The molecule has 2 saturated heterocycles. The van der Waals surface area contributed by atoms with Crippen LogP contribution >= 0.6 is 0 Å². The van der Waals surface area contributed by atoms with Gasteiger partial charge in [-0.2, -0.15) is 0 Å². The van der Waals surface area contributed by atoms with E-state index in [9.17, 15) is 4.79 Å². The van der Waals surface area contributed by atoms with Crippen LogP contribution < -0.4 is 5.73 Å². The Balaban J connectivity index is 1.80. The fraction of sp³-hybridized carbons (Fsp3) is 0.667. The van der Waals surface area contributed by atoms with E-state index in [4.69, 9.17) is 10.2 Å². The molecule has 110 valence electrons. The number of nitrogens with zero attached hydrogens (tertiary/aromatic N) is 2. The van der Waals surface area contributed by atoms with E-state index in [-0.39, 0.29) is 5.91 Å². The van der Waals surface area contributed by atoms with Crippen LogP contribution in [0.25, 0.3) is 0 Å². The molecule has 3 heterocycles. The molecule has 1 amide bonds. The molecule has 5 heteroatoms. The smallest absolute Gasteiger partial charge is 0.257 e. The van der Waals surface area contributed by atoms with Crippen molar-refractivity contribution in [1.29, 1.82) is 0 Å². The van der Waals surface area contributed by atoms with Crippen molar-refractivity contribution in [2.24, 2.45) is 5.73 Å². The molecule has 0 radical (unpaired) electrons. The van der Waals surface area contributed by atoms with E-state index in [1.807, 2.05) is 0 Å². The molecule has 1 aromatic heterocycles. The first-order valence-corrected chi connectivity index (χ1v) is 7.55. The van der Waals surface area contributed by atoms with Crippen LogP contribution in [0.15, 0.2) is 16.7 Å². The lowest BCUT2D eigenvalue weighted by Gasteiger charge is -2.28. The Hall–Kier alpha value is -1.33. The number of amides is 1. The van der Waals surface area contributed by atoms with Gasteiger partial charge in [0.1, 0.15) is 12.0 Å². The normalized spacial score (nSPS) is 26.8. The van der Waals surface area contributed by atoms with Gasteiger partial charge in [0.2, 0.25) is 0 Å². The molecule has 1 aromatic rings. The Kier molecular flexibility index (Phi) is 3.81. The van der Waals surface area contributed by atoms with E-state index >= 15 is 0 Å². The van der Waals surface area contributed by atoms with Crippen molar-refractivity contribution in [3.05, 3.63) is 23.7 Å². The van der Waals surface area contributed by atoms with Gasteiger partial charge in [0.05, 0.1) is 12.1 Å². The Bertz CT molecular complexity index is 485. The maximum absolute atomic E-state index is 12.7. The van der Waals surface area contributed by atoms with Crippen molar-refractivity contribution in [1.82, 2.24) is 9.80 Å². The Morgan fingerprint density at radius 1 is 1.40 bits per heavy atom. The molecule has 3 rings (SSSR count). The average Bonchev–Trinajstić information content (AvgIpc) is 3.02. The first kappa shape index (κ1) is 13.6. The van der Waals surface area contributed by atoms with Crippen molar-refractivity contribution in [3.8, 4) is 0 Å². The summed E-state index contributed by atoms with van der Waals surface area (Å²) in [6.45, 7) is 5.69. The minimum atomic E-state index is 0.110. The summed E-state index contributed by atoms with van der Waals surface area (Å²) in [6.07, 6.45) is 4.88. The third-order valence-electron chi connectivity index (χ3n) is 4.65. The third kappa shape index (κ3) is 2.36. The molecular weight excluding hydrogens is 254 g/mol. The zero-order chi connectivity index (χ0) is 14.1. The second kappa shape index (κ2) is 5.58. The van der Waals surface area contributed by atoms with Gasteiger partial charge < -0.3 is 20.0 Å². The molecule has 0 aromatic carbocycles. The highest BCUT2D eigenvalue weighted by atomic mass is 16.3. The summed E-state index contributed by atoms with van der Waals surface area (Å²) in [5, 5.41) is 0. The molecule has 5 nitrogen and oxygen atoms in total. The molecule has 0 aliphatic carbocycles. The molecule has 0 spiro atoms. The molecule has 2 fully saturated rings. The molecule has 20 heavy (non-hydrogen) atoms. The topological polar surface area (TPSA) is 62.7 Å².